The lowest BCUT2D eigenvalue weighted by Gasteiger charge is -2.11. The van der Waals surface area contributed by atoms with Crippen LogP contribution in [0.5, 0.6) is 0 Å². The number of hydrogen-bond acceptors (Lipinski definition) is 4. The van der Waals surface area contributed by atoms with Gasteiger partial charge in [-0.2, -0.15) is 0 Å². The van der Waals surface area contributed by atoms with Crippen molar-refractivity contribution in [3.63, 3.8) is 0 Å². The molecule has 1 heterocycles. The molecule has 0 fully saturated rings. The highest BCUT2D eigenvalue weighted by molar-refractivity contribution is 7.92. The molecule has 0 spiro atoms. The molecule has 0 saturated heterocycles. The van der Waals surface area contributed by atoms with Crippen LogP contribution in [0.2, 0.25) is 0 Å². The Balaban J connectivity index is 1.82. The second-order valence-corrected chi connectivity index (χ2v) is 8.04. The summed E-state index contributed by atoms with van der Waals surface area (Å²) in [6.07, 6.45) is 2.79. The molecule has 0 bridgehead atoms. The van der Waals surface area contributed by atoms with Gasteiger partial charge in [0.1, 0.15) is 5.58 Å². The molecule has 26 heavy (non-hydrogen) atoms. The minimum atomic E-state index is -3.44. The zero-order chi connectivity index (χ0) is 18.9. The van der Waals surface area contributed by atoms with Gasteiger partial charge in [-0.1, -0.05) is 24.3 Å². The Morgan fingerprint density at radius 3 is 2.46 bits per heavy atom. The molecule has 0 unspecified atom stereocenters. The summed E-state index contributed by atoms with van der Waals surface area (Å²) in [6.45, 7) is 3.99. The topological polar surface area (TPSA) is 88.4 Å². The Bertz CT molecular complexity index is 1080. The molecule has 0 radical (unpaired) electrons. The van der Waals surface area contributed by atoms with Crippen molar-refractivity contribution >= 4 is 38.3 Å². The summed E-state index contributed by atoms with van der Waals surface area (Å²) in [5, 5.41) is 3.66. The van der Waals surface area contributed by atoms with E-state index in [9.17, 15) is 13.2 Å². The fourth-order valence-electron chi connectivity index (χ4n) is 2.77. The number of aryl methyl sites for hydroxylation is 2. The number of para-hydroxylation sites is 2. The lowest BCUT2D eigenvalue weighted by atomic mass is 10.0. The third kappa shape index (κ3) is 3.88. The number of amides is 1. The van der Waals surface area contributed by atoms with E-state index in [0.29, 0.717) is 11.4 Å². The number of hydrogen-bond donors (Lipinski definition) is 2. The van der Waals surface area contributed by atoms with E-state index in [2.05, 4.69) is 10.0 Å². The second kappa shape index (κ2) is 6.84. The number of carbonyl (C=O) groups is 1. The van der Waals surface area contributed by atoms with Crippen molar-refractivity contribution in [1.29, 1.82) is 0 Å². The molecule has 6 nitrogen and oxygen atoms in total. The molecule has 0 saturated carbocycles. The maximum absolute atomic E-state index is 12.5. The number of furan rings is 1. The van der Waals surface area contributed by atoms with Crippen LogP contribution in [0.1, 0.15) is 16.7 Å². The van der Waals surface area contributed by atoms with Gasteiger partial charge in [0.15, 0.2) is 0 Å². The first kappa shape index (κ1) is 18.0. The van der Waals surface area contributed by atoms with Gasteiger partial charge >= 0.3 is 0 Å². The van der Waals surface area contributed by atoms with Crippen LogP contribution in [0.3, 0.4) is 0 Å². The number of fused-ring (bicyclic) bond motifs is 1. The first-order valence-corrected chi connectivity index (χ1v) is 9.96. The average molecular weight is 372 g/mol. The minimum absolute atomic E-state index is 0.128. The molecule has 0 aliphatic heterocycles. The van der Waals surface area contributed by atoms with Crippen molar-refractivity contribution in [1.82, 2.24) is 0 Å². The first-order valence-electron chi connectivity index (χ1n) is 8.07. The SMILES string of the molecule is Cc1ccc2c(CC(=O)Nc3ccccc3NS(C)(=O)=O)coc2c1C. The summed E-state index contributed by atoms with van der Waals surface area (Å²) in [5.41, 5.74) is 4.48. The van der Waals surface area contributed by atoms with Gasteiger partial charge in [0.2, 0.25) is 15.9 Å². The number of carbonyl (C=O) groups excluding carboxylic acids is 1. The number of nitrogens with one attached hydrogen (secondary N) is 2. The van der Waals surface area contributed by atoms with Crippen LogP contribution in [-0.4, -0.2) is 20.6 Å². The predicted molar refractivity (Wildman–Crippen MR) is 103 cm³/mol. The molecule has 3 aromatic rings. The van der Waals surface area contributed by atoms with Crippen molar-refractivity contribution < 1.29 is 17.6 Å². The number of rotatable bonds is 5. The monoisotopic (exact) mass is 372 g/mol. The highest BCUT2D eigenvalue weighted by Crippen LogP contribution is 2.27. The fourth-order valence-corrected chi connectivity index (χ4v) is 3.35. The average Bonchev–Trinajstić information content (AvgIpc) is 2.95. The van der Waals surface area contributed by atoms with Gasteiger partial charge in [0, 0.05) is 10.9 Å². The second-order valence-electron chi connectivity index (χ2n) is 6.29. The molecule has 0 atom stereocenters. The van der Waals surface area contributed by atoms with E-state index >= 15 is 0 Å². The molecular formula is C19H20N2O4S. The van der Waals surface area contributed by atoms with E-state index in [4.69, 9.17) is 4.42 Å². The van der Waals surface area contributed by atoms with E-state index in [0.717, 1.165) is 33.9 Å². The zero-order valence-electron chi connectivity index (χ0n) is 14.8. The first-order chi connectivity index (χ1) is 12.2. The van der Waals surface area contributed by atoms with E-state index < -0.39 is 10.0 Å². The summed E-state index contributed by atoms with van der Waals surface area (Å²) >= 11 is 0. The number of benzene rings is 2. The summed E-state index contributed by atoms with van der Waals surface area (Å²) in [7, 11) is -3.44. The molecule has 1 amide bonds. The van der Waals surface area contributed by atoms with Crippen LogP contribution in [0, 0.1) is 13.8 Å². The largest absolute Gasteiger partial charge is 0.464 e. The smallest absolute Gasteiger partial charge is 0.229 e. The summed E-state index contributed by atoms with van der Waals surface area (Å²) in [4.78, 5) is 12.5. The Morgan fingerprint density at radius 1 is 1.08 bits per heavy atom. The van der Waals surface area contributed by atoms with Crippen LogP contribution in [0.4, 0.5) is 11.4 Å². The highest BCUT2D eigenvalue weighted by atomic mass is 32.2. The Labute approximate surface area is 152 Å². The highest BCUT2D eigenvalue weighted by Gasteiger charge is 2.14. The summed E-state index contributed by atoms with van der Waals surface area (Å²) < 4.78 is 31.0. The van der Waals surface area contributed by atoms with Crippen molar-refractivity contribution in [3.05, 3.63) is 59.4 Å². The number of sulfonamides is 1. The molecule has 1 aromatic heterocycles. The minimum Gasteiger partial charge on any atom is -0.464 e. The maximum Gasteiger partial charge on any atom is 0.229 e. The van der Waals surface area contributed by atoms with Crippen LogP contribution >= 0.6 is 0 Å². The predicted octanol–water partition coefficient (Wildman–Crippen LogP) is 3.60. The van der Waals surface area contributed by atoms with Gasteiger partial charge in [-0.25, -0.2) is 8.42 Å². The van der Waals surface area contributed by atoms with Gasteiger partial charge in [-0.3, -0.25) is 9.52 Å². The third-order valence-electron chi connectivity index (χ3n) is 4.19. The summed E-state index contributed by atoms with van der Waals surface area (Å²) in [6, 6.07) is 10.6. The molecule has 3 rings (SSSR count). The van der Waals surface area contributed by atoms with Crippen LogP contribution < -0.4 is 10.0 Å². The molecule has 2 aromatic carbocycles. The third-order valence-corrected chi connectivity index (χ3v) is 4.78. The molecule has 7 heteroatoms. The number of anilines is 2. The van der Waals surface area contributed by atoms with E-state index in [1.165, 1.54) is 0 Å². The van der Waals surface area contributed by atoms with Crippen LogP contribution in [0.25, 0.3) is 11.0 Å². The zero-order valence-corrected chi connectivity index (χ0v) is 15.6. The van der Waals surface area contributed by atoms with Gasteiger partial charge in [0.05, 0.1) is 30.3 Å². The Hall–Kier alpha value is -2.80. The van der Waals surface area contributed by atoms with Crippen molar-refractivity contribution in [2.45, 2.75) is 20.3 Å². The van der Waals surface area contributed by atoms with Gasteiger partial charge < -0.3 is 9.73 Å². The Morgan fingerprint density at radius 2 is 1.77 bits per heavy atom. The van der Waals surface area contributed by atoms with Gasteiger partial charge in [-0.15, -0.1) is 0 Å². The lowest BCUT2D eigenvalue weighted by Crippen LogP contribution is -2.17. The van der Waals surface area contributed by atoms with E-state index in [1.807, 2.05) is 26.0 Å². The molecule has 0 aliphatic rings. The normalized spacial score (nSPS) is 11.5. The fraction of sp³-hybridized carbons (Fsp3) is 0.211. The lowest BCUT2D eigenvalue weighted by molar-refractivity contribution is -0.115. The van der Waals surface area contributed by atoms with Crippen molar-refractivity contribution in [2.75, 3.05) is 16.3 Å². The van der Waals surface area contributed by atoms with Crippen LogP contribution in [0.15, 0.2) is 47.1 Å². The van der Waals surface area contributed by atoms with Crippen LogP contribution in [-0.2, 0) is 21.2 Å². The van der Waals surface area contributed by atoms with E-state index in [1.54, 1.807) is 30.5 Å². The molecular weight excluding hydrogens is 352 g/mol. The van der Waals surface area contributed by atoms with Crippen molar-refractivity contribution in [3.8, 4) is 0 Å². The molecule has 2 N–H and O–H groups in total. The van der Waals surface area contributed by atoms with Crippen molar-refractivity contribution in [2.24, 2.45) is 0 Å². The van der Waals surface area contributed by atoms with Gasteiger partial charge in [-0.05, 0) is 37.1 Å². The maximum atomic E-state index is 12.5. The standard InChI is InChI=1S/C19H20N2O4S/c1-12-8-9-15-14(11-25-19(15)13(12)2)10-18(22)20-16-6-4-5-7-17(16)21-26(3,23)24/h4-9,11,21H,10H2,1-3H3,(H,20,22). The van der Waals surface area contributed by atoms with E-state index in [-0.39, 0.29) is 12.3 Å². The molecule has 136 valence electrons. The summed E-state index contributed by atoms with van der Waals surface area (Å²) in [5.74, 6) is -0.256. The van der Waals surface area contributed by atoms with Gasteiger partial charge in [0.25, 0.3) is 0 Å². The quantitative estimate of drug-likeness (QED) is 0.716. The Kier molecular flexibility index (Phi) is 4.73. The molecule has 0 aliphatic carbocycles.